The van der Waals surface area contributed by atoms with Gasteiger partial charge in [-0.25, -0.2) is 4.39 Å². The number of ether oxygens (including phenoxy) is 1. The summed E-state index contributed by atoms with van der Waals surface area (Å²) in [5.41, 5.74) is 3.62. The fraction of sp³-hybridized carbons (Fsp3) is 0.500. The van der Waals surface area contributed by atoms with Crippen molar-refractivity contribution in [2.45, 2.75) is 56.8 Å². The molecule has 2 amide bonds. The molecule has 4 aliphatic heterocycles. The van der Waals surface area contributed by atoms with Gasteiger partial charge >= 0.3 is 0 Å². The van der Waals surface area contributed by atoms with Crippen LogP contribution in [-0.4, -0.2) is 77.5 Å². The van der Waals surface area contributed by atoms with E-state index in [1.165, 1.54) is 5.56 Å². The molecular weight excluding hydrogens is 445 g/mol. The summed E-state index contributed by atoms with van der Waals surface area (Å²) in [6.07, 6.45) is 4.78. The van der Waals surface area contributed by atoms with Crippen LogP contribution in [0.15, 0.2) is 42.5 Å². The average Bonchev–Trinajstić information content (AvgIpc) is 3.15. The molecule has 4 heterocycles. The van der Waals surface area contributed by atoms with Crippen molar-refractivity contribution in [3.63, 3.8) is 0 Å². The topological polar surface area (TPSA) is 53.1 Å². The summed E-state index contributed by atoms with van der Waals surface area (Å²) in [6, 6.07) is 13.1. The van der Waals surface area contributed by atoms with Crippen LogP contribution < -0.4 is 0 Å². The molecular formula is C28H32FN3O3. The minimum Gasteiger partial charge on any atom is -0.377 e. The van der Waals surface area contributed by atoms with Gasteiger partial charge in [0.15, 0.2) is 0 Å². The fourth-order valence-corrected chi connectivity index (χ4v) is 6.34. The molecule has 6 nitrogen and oxygen atoms in total. The van der Waals surface area contributed by atoms with Gasteiger partial charge in [-0.3, -0.25) is 14.5 Å². The molecule has 35 heavy (non-hydrogen) atoms. The SMILES string of the molecule is O=C(c1ccc(C(=O)N2C3CCC2COC3)cc1)N1CCC(N2CCc3cc(F)ccc3C2)CC1. The minimum absolute atomic E-state index is 0.0355. The molecule has 2 atom stereocenters. The molecule has 7 heteroatoms. The van der Waals surface area contributed by atoms with Crippen molar-refractivity contribution >= 4 is 11.8 Å². The van der Waals surface area contributed by atoms with Gasteiger partial charge in [0.1, 0.15) is 5.82 Å². The van der Waals surface area contributed by atoms with E-state index >= 15 is 0 Å². The van der Waals surface area contributed by atoms with E-state index in [1.807, 2.05) is 15.9 Å². The Morgan fingerprint density at radius 1 is 0.771 bits per heavy atom. The van der Waals surface area contributed by atoms with E-state index in [2.05, 4.69) is 4.90 Å². The van der Waals surface area contributed by atoms with Crippen LogP contribution in [0.25, 0.3) is 0 Å². The van der Waals surface area contributed by atoms with Gasteiger partial charge in [-0.15, -0.1) is 0 Å². The highest BCUT2D eigenvalue weighted by atomic mass is 19.1. The summed E-state index contributed by atoms with van der Waals surface area (Å²) in [7, 11) is 0. The Kier molecular flexibility index (Phi) is 6.06. The first-order valence-electron chi connectivity index (χ1n) is 12.9. The third-order valence-corrected chi connectivity index (χ3v) is 8.33. The van der Waals surface area contributed by atoms with Crippen molar-refractivity contribution in [3.8, 4) is 0 Å². The molecule has 0 radical (unpaired) electrons. The summed E-state index contributed by atoms with van der Waals surface area (Å²) in [5, 5.41) is 0. The molecule has 6 rings (SSSR count). The van der Waals surface area contributed by atoms with Crippen LogP contribution in [0.4, 0.5) is 4.39 Å². The van der Waals surface area contributed by atoms with Gasteiger partial charge in [0.05, 0.1) is 25.3 Å². The van der Waals surface area contributed by atoms with Gasteiger partial charge in [-0.05, 0) is 79.6 Å². The number of morpholine rings is 1. The van der Waals surface area contributed by atoms with E-state index in [9.17, 15) is 14.0 Å². The number of halogens is 1. The zero-order valence-electron chi connectivity index (χ0n) is 20.0. The van der Waals surface area contributed by atoms with Gasteiger partial charge in [-0.1, -0.05) is 6.07 Å². The first kappa shape index (κ1) is 22.7. The molecule has 2 aromatic carbocycles. The summed E-state index contributed by atoms with van der Waals surface area (Å²) in [5.74, 6) is -0.0746. The van der Waals surface area contributed by atoms with Crippen LogP contribution in [-0.2, 0) is 17.7 Å². The number of piperidine rings is 1. The number of fused-ring (bicyclic) bond motifs is 3. The zero-order valence-corrected chi connectivity index (χ0v) is 20.0. The molecule has 0 aromatic heterocycles. The second kappa shape index (κ2) is 9.36. The number of amides is 2. The van der Waals surface area contributed by atoms with E-state index in [1.54, 1.807) is 36.4 Å². The molecule has 2 bridgehead atoms. The molecule has 0 aliphatic carbocycles. The fourth-order valence-electron chi connectivity index (χ4n) is 6.34. The lowest BCUT2D eigenvalue weighted by Crippen LogP contribution is -2.49. The normalized spacial score (nSPS) is 24.9. The monoisotopic (exact) mass is 477 g/mol. The van der Waals surface area contributed by atoms with Gasteiger partial charge in [0.25, 0.3) is 11.8 Å². The number of hydrogen-bond acceptors (Lipinski definition) is 4. The maximum atomic E-state index is 13.5. The number of carbonyl (C=O) groups is 2. The van der Waals surface area contributed by atoms with Crippen molar-refractivity contribution < 1.29 is 18.7 Å². The van der Waals surface area contributed by atoms with Crippen LogP contribution in [0.3, 0.4) is 0 Å². The van der Waals surface area contributed by atoms with Crippen LogP contribution >= 0.6 is 0 Å². The predicted octanol–water partition coefficient (Wildman–Crippen LogP) is 3.49. The van der Waals surface area contributed by atoms with Crippen molar-refractivity contribution in [2.24, 2.45) is 0 Å². The molecule has 2 aromatic rings. The van der Waals surface area contributed by atoms with Crippen molar-refractivity contribution in [1.29, 1.82) is 0 Å². The first-order chi connectivity index (χ1) is 17.1. The maximum Gasteiger partial charge on any atom is 0.254 e. The minimum atomic E-state index is -0.158. The van der Waals surface area contributed by atoms with Gasteiger partial charge < -0.3 is 14.5 Å². The smallest absolute Gasteiger partial charge is 0.254 e. The first-order valence-corrected chi connectivity index (χ1v) is 12.9. The van der Waals surface area contributed by atoms with Gasteiger partial charge in [0.2, 0.25) is 0 Å². The summed E-state index contributed by atoms with van der Waals surface area (Å²) in [6.45, 7) is 4.50. The molecule has 2 unspecified atom stereocenters. The van der Waals surface area contributed by atoms with Crippen LogP contribution in [0.5, 0.6) is 0 Å². The second-order valence-electron chi connectivity index (χ2n) is 10.4. The number of benzene rings is 2. The lowest BCUT2D eigenvalue weighted by Gasteiger charge is -2.40. The molecule has 0 N–H and O–H groups in total. The number of nitrogens with zero attached hydrogens (tertiary/aromatic N) is 3. The standard InChI is InChI=1S/C28H32FN3O3/c29-23-6-5-22-16-31(12-9-21(22)15-23)24-10-13-30(14-11-24)27(33)19-1-3-20(4-2-19)28(34)32-25-7-8-26(32)18-35-17-25/h1-6,15,24-26H,7-14,16-18H2. The molecule has 0 spiro atoms. The van der Waals surface area contributed by atoms with E-state index < -0.39 is 0 Å². The maximum absolute atomic E-state index is 13.5. The van der Waals surface area contributed by atoms with E-state index in [4.69, 9.17) is 4.74 Å². The highest BCUT2D eigenvalue weighted by molar-refractivity contribution is 5.98. The van der Waals surface area contributed by atoms with E-state index in [0.717, 1.165) is 63.8 Å². The lowest BCUT2D eigenvalue weighted by molar-refractivity contribution is -0.00716. The average molecular weight is 478 g/mol. The molecule has 0 saturated carbocycles. The van der Waals surface area contributed by atoms with Crippen molar-refractivity contribution in [3.05, 3.63) is 70.5 Å². The van der Waals surface area contributed by atoms with E-state index in [-0.39, 0.29) is 29.7 Å². The second-order valence-corrected chi connectivity index (χ2v) is 10.4. The third-order valence-electron chi connectivity index (χ3n) is 8.33. The van der Waals surface area contributed by atoms with Crippen molar-refractivity contribution in [1.82, 2.24) is 14.7 Å². The Morgan fingerprint density at radius 2 is 1.43 bits per heavy atom. The summed E-state index contributed by atoms with van der Waals surface area (Å²) < 4.78 is 19.1. The Morgan fingerprint density at radius 3 is 2.11 bits per heavy atom. The van der Waals surface area contributed by atoms with E-state index in [0.29, 0.717) is 30.4 Å². The lowest BCUT2D eigenvalue weighted by atomic mass is 9.95. The highest BCUT2D eigenvalue weighted by Crippen LogP contribution is 2.31. The zero-order chi connectivity index (χ0) is 23.9. The van der Waals surface area contributed by atoms with Crippen LogP contribution in [0.1, 0.15) is 57.5 Å². The van der Waals surface area contributed by atoms with Crippen molar-refractivity contribution in [2.75, 3.05) is 32.8 Å². The Labute approximate surface area is 205 Å². The largest absolute Gasteiger partial charge is 0.377 e. The quantitative estimate of drug-likeness (QED) is 0.679. The predicted molar refractivity (Wildman–Crippen MR) is 130 cm³/mol. The summed E-state index contributed by atoms with van der Waals surface area (Å²) >= 11 is 0. The van der Waals surface area contributed by atoms with Crippen LogP contribution in [0, 0.1) is 5.82 Å². The number of hydrogen-bond donors (Lipinski definition) is 0. The summed E-state index contributed by atoms with van der Waals surface area (Å²) in [4.78, 5) is 32.6. The third kappa shape index (κ3) is 4.36. The molecule has 184 valence electrons. The Bertz CT molecular complexity index is 1100. The van der Waals surface area contributed by atoms with Gasteiger partial charge in [-0.2, -0.15) is 0 Å². The van der Waals surface area contributed by atoms with Crippen LogP contribution in [0.2, 0.25) is 0 Å². The highest BCUT2D eigenvalue weighted by Gasteiger charge is 2.40. The van der Waals surface area contributed by atoms with Gasteiger partial charge in [0, 0.05) is 43.3 Å². The number of rotatable bonds is 3. The Hall–Kier alpha value is -2.77. The molecule has 4 aliphatic rings. The molecule has 3 fully saturated rings. The molecule has 3 saturated heterocycles. The number of likely N-dealkylation sites (tertiary alicyclic amines) is 1. The Balaban J connectivity index is 1.05. The number of carbonyl (C=O) groups excluding carboxylic acids is 2.